The van der Waals surface area contributed by atoms with Gasteiger partial charge < -0.3 is 16.0 Å². The van der Waals surface area contributed by atoms with Gasteiger partial charge >= 0.3 is 0 Å². The summed E-state index contributed by atoms with van der Waals surface area (Å²) in [6.07, 6.45) is 2.96. The van der Waals surface area contributed by atoms with Crippen molar-refractivity contribution in [2.24, 2.45) is 5.73 Å². The third-order valence-electron chi connectivity index (χ3n) is 3.57. The summed E-state index contributed by atoms with van der Waals surface area (Å²) in [6.45, 7) is 2.73. The third-order valence-corrected chi connectivity index (χ3v) is 3.81. The van der Waals surface area contributed by atoms with Gasteiger partial charge in [0.25, 0.3) is 0 Å². The normalized spacial score (nSPS) is 18.7. The first kappa shape index (κ1) is 14.7. The van der Waals surface area contributed by atoms with Crippen molar-refractivity contribution < 1.29 is 4.79 Å². The van der Waals surface area contributed by atoms with Crippen molar-refractivity contribution in [2.45, 2.75) is 32.2 Å². The maximum absolute atomic E-state index is 12.0. The highest BCUT2D eigenvalue weighted by Crippen LogP contribution is 2.24. The summed E-state index contributed by atoms with van der Waals surface area (Å²) in [5, 5.41) is 2.73. The molecule has 0 aliphatic carbocycles. The number of carbonyl (C=O) groups excluding carboxylic acids is 1. The van der Waals surface area contributed by atoms with Crippen LogP contribution in [0, 0.1) is 6.92 Å². The van der Waals surface area contributed by atoms with E-state index in [2.05, 4.69) is 15.2 Å². The number of amides is 1. The predicted octanol–water partition coefficient (Wildman–Crippen LogP) is 1.13. The summed E-state index contributed by atoms with van der Waals surface area (Å²) in [7, 11) is 1.67. The first-order chi connectivity index (χ1) is 9.52. The maximum Gasteiger partial charge on any atom is 0.242 e. The fraction of sp³-hybridized carbons (Fsp3) is 0.500. The van der Waals surface area contributed by atoms with E-state index in [4.69, 9.17) is 18.0 Å². The minimum Gasteiger partial charge on any atom is -0.389 e. The van der Waals surface area contributed by atoms with E-state index >= 15 is 0 Å². The quantitative estimate of drug-likeness (QED) is 0.817. The van der Waals surface area contributed by atoms with Gasteiger partial charge in [0.05, 0.1) is 0 Å². The first-order valence-corrected chi connectivity index (χ1v) is 7.20. The molecule has 1 amide bonds. The molecule has 1 aliphatic heterocycles. The Hall–Kier alpha value is -1.69. The van der Waals surface area contributed by atoms with Crippen molar-refractivity contribution in [3.63, 3.8) is 0 Å². The number of nitrogens with one attached hydrogen (secondary N) is 1. The molecule has 0 radical (unpaired) electrons. The molecule has 3 N–H and O–H groups in total. The van der Waals surface area contributed by atoms with Crippen molar-refractivity contribution in [3.8, 4) is 0 Å². The Balaban J connectivity index is 2.37. The number of aromatic nitrogens is 1. The maximum atomic E-state index is 12.0. The van der Waals surface area contributed by atoms with E-state index in [0.29, 0.717) is 4.99 Å². The summed E-state index contributed by atoms with van der Waals surface area (Å²) in [6, 6.07) is 3.57. The molecule has 20 heavy (non-hydrogen) atoms. The van der Waals surface area contributed by atoms with Crippen LogP contribution in [0.25, 0.3) is 0 Å². The van der Waals surface area contributed by atoms with E-state index in [0.717, 1.165) is 42.9 Å². The van der Waals surface area contributed by atoms with E-state index < -0.39 is 0 Å². The highest BCUT2D eigenvalue weighted by Gasteiger charge is 2.29. The van der Waals surface area contributed by atoms with Crippen molar-refractivity contribution in [2.75, 3.05) is 18.5 Å². The molecule has 2 heterocycles. The molecule has 5 nitrogen and oxygen atoms in total. The zero-order valence-corrected chi connectivity index (χ0v) is 12.7. The molecule has 0 saturated carbocycles. The molecule has 108 valence electrons. The second-order valence-corrected chi connectivity index (χ2v) is 5.48. The van der Waals surface area contributed by atoms with Crippen LogP contribution in [-0.4, -0.2) is 35.5 Å². The molecule has 0 spiro atoms. The number of hydrogen-bond acceptors (Lipinski definition) is 4. The van der Waals surface area contributed by atoms with Gasteiger partial charge in [-0.2, -0.15) is 0 Å². The Kier molecular flexibility index (Phi) is 4.54. The molecular formula is C14H20N4OS. The smallest absolute Gasteiger partial charge is 0.242 e. The monoisotopic (exact) mass is 292 g/mol. The molecule has 1 aromatic heterocycles. The van der Waals surface area contributed by atoms with Crippen LogP contribution >= 0.6 is 12.2 Å². The number of piperidine rings is 1. The third kappa shape index (κ3) is 3.07. The van der Waals surface area contributed by atoms with E-state index in [-0.39, 0.29) is 11.9 Å². The van der Waals surface area contributed by atoms with Crippen LogP contribution in [0.3, 0.4) is 0 Å². The van der Waals surface area contributed by atoms with Crippen LogP contribution in [0.1, 0.15) is 30.5 Å². The summed E-state index contributed by atoms with van der Waals surface area (Å²) in [5.41, 5.74) is 7.36. The Labute approximate surface area is 124 Å². The number of hydrogen-bond donors (Lipinski definition) is 2. The number of aryl methyl sites for hydroxylation is 1. The molecule has 1 aromatic rings. The average molecular weight is 292 g/mol. The van der Waals surface area contributed by atoms with Crippen molar-refractivity contribution in [3.05, 3.63) is 23.4 Å². The van der Waals surface area contributed by atoms with Gasteiger partial charge in [0.15, 0.2) is 0 Å². The van der Waals surface area contributed by atoms with Crippen LogP contribution in [0.4, 0.5) is 5.82 Å². The van der Waals surface area contributed by atoms with Crippen LogP contribution in [0.15, 0.2) is 12.1 Å². The number of rotatable bonds is 3. The highest BCUT2D eigenvalue weighted by atomic mass is 32.1. The van der Waals surface area contributed by atoms with Crippen molar-refractivity contribution in [1.29, 1.82) is 0 Å². The van der Waals surface area contributed by atoms with Crippen LogP contribution in [0.2, 0.25) is 0 Å². The molecule has 1 unspecified atom stereocenters. The summed E-state index contributed by atoms with van der Waals surface area (Å²) >= 11 is 5.04. The van der Waals surface area contributed by atoms with Crippen LogP contribution in [0.5, 0.6) is 0 Å². The number of likely N-dealkylation sites (N-methyl/N-ethyl adjacent to an activating group) is 1. The molecule has 6 heteroatoms. The van der Waals surface area contributed by atoms with E-state index in [9.17, 15) is 4.79 Å². The summed E-state index contributed by atoms with van der Waals surface area (Å²) in [4.78, 5) is 19.0. The average Bonchev–Trinajstić information content (AvgIpc) is 2.45. The molecular weight excluding hydrogens is 272 g/mol. The van der Waals surface area contributed by atoms with E-state index in [1.54, 1.807) is 7.05 Å². The molecule has 0 aromatic carbocycles. The van der Waals surface area contributed by atoms with Crippen LogP contribution in [-0.2, 0) is 4.79 Å². The van der Waals surface area contributed by atoms with Gasteiger partial charge in [-0.15, -0.1) is 0 Å². The number of pyridine rings is 1. The number of carbonyl (C=O) groups is 1. The lowest BCUT2D eigenvalue weighted by molar-refractivity contribution is -0.122. The van der Waals surface area contributed by atoms with E-state index in [1.807, 2.05) is 19.1 Å². The minimum absolute atomic E-state index is 0.0323. The SMILES string of the molecule is CNC(=O)C1CCCCN1c1cc(C(N)=S)cc(C)n1. The fourth-order valence-corrected chi connectivity index (χ4v) is 2.70. The first-order valence-electron chi connectivity index (χ1n) is 6.79. The van der Waals surface area contributed by atoms with Crippen LogP contribution < -0.4 is 16.0 Å². The summed E-state index contributed by atoms with van der Waals surface area (Å²) in [5.74, 6) is 0.811. The van der Waals surface area contributed by atoms with E-state index in [1.165, 1.54) is 0 Å². The lowest BCUT2D eigenvalue weighted by atomic mass is 10.0. The van der Waals surface area contributed by atoms with Gasteiger partial charge in [-0.25, -0.2) is 4.98 Å². The molecule has 2 rings (SSSR count). The molecule has 1 saturated heterocycles. The zero-order valence-electron chi connectivity index (χ0n) is 11.8. The number of nitrogens with two attached hydrogens (primary N) is 1. The second kappa shape index (κ2) is 6.17. The Morgan fingerprint density at radius 2 is 2.25 bits per heavy atom. The molecule has 0 bridgehead atoms. The van der Waals surface area contributed by atoms with Gasteiger partial charge in [0.2, 0.25) is 5.91 Å². The van der Waals surface area contributed by atoms with Crippen molar-refractivity contribution >= 4 is 28.9 Å². The summed E-state index contributed by atoms with van der Waals surface area (Å²) < 4.78 is 0. The molecule has 1 fully saturated rings. The molecule has 1 aliphatic rings. The molecule has 1 atom stereocenters. The predicted molar refractivity (Wildman–Crippen MR) is 83.9 cm³/mol. The standard InChI is InChI=1S/C14H20N4OS/c1-9-7-10(13(15)20)8-12(17-9)18-6-4-3-5-11(18)14(19)16-2/h7-8,11H,3-6H2,1-2H3,(H2,15,20)(H,16,19). The lowest BCUT2D eigenvalue weighted by Crippen LogP contribution is -2.49. The zero-order chi connectivity index (χ0) is 14.7. The number of anilines is 1. The lowest BCUT2D eigenvalue weighted by Gasteiger charge is -2.35. The van der Waals surface area contributed by atoms with Gasteiger partial charge in [-0.1, -0.05) is 12.2 Å². The van der Waals surface area contributed by atoms with Gasteiger partial charge in [0.1, 0.15) is 16.8 Å². The Morgan fingerprint density at radius 1 is 1.50 bits per heavy atom. The van der Waals surface area contributed by atoms with Gasteiger partial charge in [-0.05, 0) is 38.3 Å². The van der Waals surface area contributed by atoms with Gasteiger partial charge in [-0.3, -0.25) is 4.79 Å². The Bertz CT molecular complexity index is 532. The fourth-order valence-electron chi connectivity index (χ4n) is 2.59. The topological polar surface area (TPSA) is 71.2 Å². The number of thiocarbonyl (C=S) groups is 1. The minimum atomic E-state index is -0.165. The largest absolute Gasteiger partial charge is 0.389 e. The Morgan fingerprint density at radius 3 is 2.90 bits per heavy atom. The number of nitrogens with zero attached hydrogens (tertiary/aromatic N) is 2. The highest BCUT2D eigenvalue weighted by molar-refractivity contribution is 7.80. The van der Waals surface area contributed by atoms with Gasteiger partial charge in [0, 0.05) is 24.8 Å². The second-order valence-electron chi connectivity index (χ2n) is 5.04. The van der Waals surface area contributed by atoms with Crippen molar-refractivity contribution in [1.82, 2.24) is 10.3 Å².